The molecule has 0 unspecified atom stereocenters. The summed E-state index contributed by atoms with van der Waals surface area (Å²) in [4.78, 5) is 201. The molecule has 2 aliphatic heterocycles. The number of carboxylic acids is 1. The van der Waals surface area contributed by atoms with E-state index in [-0.39, 0.29) is 57.5 Å². The molecule has 2 aromatic heterocycles. The van der Waals surface area contributed by atoms with Gasteiger partial charge in [0.05, 0.1) is 44.4 Å². The van der Waals surface area contributed by atoms with Gasteiger partial charge in [0.1, 0.15) is 48.3 Å². The van der Waals surface area contributed by atoms with Crippen LogP contribution in [-0.4, -0.2) is 213 Å². The third-order valence-electron chi connectivity index (χ3n) is 22.0. The zero-order chi connectivity index (χ0) is 91.7. The molecule has 9 rings (SSSR count). The van der Waals surface area contributed by atoms with Gasteiger partial charge in [-0.25, -0.2) is 4.98 Å². The molecule has 0 saturated carbocycles. The number of hydrogen-bond donors (Lipinski definition) is 16. The molecule has 2 aliphatic rings. The van der Waals surface area contributed by atoms with E-state index in [0.717, 1.165) is 55.5 Å². The van der Waals surface area contributed by atoms with E-state index in [1.807, 2.05) is 117 Å². The topological polar surface area (TPSA) is 517 Å². The van der Waals surface area contributed by atoms with Crippen molar-refractivity contribution in [2.75, 3.05) is 56.2 Å². The molecule has 0 saturated heterocycles. The molecule has 0 fully saturated rings. The Labute approximate surface area is 734 Å². The van der Waals surface area contributed by atoms with Gasteiger partial charge >= 0.3 is 0 Å². The molecule has 7 aromatic rings. The summed E-state index contributed by atoms with van der Waals surface area (Å²) in [6.07, 6.45) is 18.7. The second-order valence-electron chi connectivity index (χ2n) is 32.9. The predicted molar refractivity (Wildman–Crippen MR) is 477 cm³/mol. The van der Waals surface area contributed by atoms with E-state index in [9.17, 15) is 77.3 Å². The zero-order valence-electron chi connectivity index (χ0n) is 72.4. The second kappa shape index (κ2) is 44.8. The van der Waals surface area contributed by atoms with Gasteiger partial charge in [-0.05, 0) is 121 Å². The molecule has 18 N–H and O–H groups in total. The summed E-state index contributed by atoms with van der Waals surface area (Å²) in [5.74, 6) is -12.3. The van der Waals surface area contributed by atoms with Crippen LogP contribution in [0, 0.1) is 11.8 Å². The van der Waals surface area contributed by atoms with Crippen LogP contribution in [0.1, 0.15) is 123 Å². The highest BCUT2D eigenvalue weighted by Gasteiger charge is 2.46. The highest BCUT2D eigenvalue weighted by molar-refractivity contribution is 7.98. The molecule has 35 heteroatoms. The first-order chi connectivity index (χ1) is 60.0. The lowest BCUT2D eigenvalue weighted by Crippen LogP contribution is -2.59. The Morgan fingerprint density at radius 3 is 1.76 bits per heavy atom. The minimum absolute atomic E-state index is 0.0843. The number of thioether (sulfide) groups is 1. The molecule has 8 atom stereocenters. The summed E-state index contributed by atoms with van der Waals surface area (Å²) >= 11 is 1.45. The van der Waals surface area contributed by atoms with Crippen molar-refractivity contribution in [1.29, 1.82) is 0 Å². The minimum Gasteiger partial charge on any atom is -0.550 e. The summed E-state index contributed by atoms with van der Waals surface area (Å²) in [6, 6.07) is 20.4. The number of para-hydroxylation sites is 1. The maximum absolute atomic E-state index is 14.5. The molecular weight excluding hydrogens is 1630 g/mol. The highest BCUT2D eigenvalue weighted by atomic mass is 32.2. The molecule has 0 aliphatic carbocycles. The van der Waals surface area contributed by atoms with Crippen LogP contribution in [0.5, 0.6) is 0 Å². The number of primary amides is 2. The molecule has 0 radical (unpaired) electrons. The molecular formula is C91H114N18O16S. The number of carbonyl (C=O) groups excluding carboxylic acids is 14. The number of H-pyrrole nitrogens is 2. The Balaban J connectivity index is 0.788. The van der Waals surface area contributed by atoms with Gasteiger partial charge in [-0.2, -0.15) is 16.3 Å². The number of carbonyl (C=O) groups is 14. The number of fused-ring (bicyclic) bond motifs is 7. The molecule has 13 amide bonds. The van der Waals surface area contributed by atoms with Crippen molar-refractivity contribution in [3.63, 3.8) is 0 Å². The SMILES string of the molecule is CSCC[C@H](NC(=O)[C@H](CC(C)C)NC(=O)[C@H](Cc1cnc[nH]1)NC(=O)CNC(=O)[C@@H](NC(=O)[C@H](C)NC(=O)[C@H](Cc1c[nH]c2ccccc12)NC(=O)[C@H](CCC(N)=O)NC(=O)CNC(=O)[C@H](CO)NC(=O)CNC(=O)CC[N+]1=C(/C=C/C=C/C=C/C=C2/N(CCC(=O)[O-])c3ccc4ccccc4c3C2(C)C)C(C)(C)c2c1ccc1ccccc21)C(C)C)C(N)=O. The standard InChI is InChI=1S/C91H114N18O16S/c1-52(2)42-65(87(123)104-63(82(93)118)38-41-126-10)105-88(124)67(44-58-46-94-51-99-58)102-77(115)49-98-89(125)81(53(3)4)107-83(119)54(5)100-86(122)66(43-57-45-95-62-27-21-20-24-59(57)62)106-85(121)64(32-35-73(92)111)101-76(114)48-97-84(120)68(50-110)103-75(113)47-96-74(112)36-39-108-69-33-30-55-22-16-18-25-60(55)79(69)90(6,7)71(108)28-14-12-11-13-15-29-72-91(8,9)80-61-26-19-17-23-56(61)31-34-70(80)109(72)40-37-78(116)117/h11-31,33-34,45-46,51-54,63-68,81,95,110H,32,35-44,47-50H2,1-10H3,(H16-,92,93,94,96,97,98,99,100,101,102,103,104,105,106,107,111,112,113,114,115,116,117,118,119,120,121,122,123,124,125)/t54-,63-,64-,65-,66-,67-,68-,81-/m0/s1. The van der Waals surface area contributed by atoms with E-state index in [1.54, 1.807) is 44.3 Å². The summed E-state index contributed by atoms with van der Waals surface area (Å²) in [5, 5.41) is 54.8. The molecule has 5 aromatic carbocycles. The Kier molecular flexibility index (Phi) is 34.3. The van der Waals surface area contributed by atoms with E-state index in [1.165, 1.54) is 31.2 Å². The molecule has 0 bridgehead atoms. The number of rotatable bonds is 46. The van der Waals surface area contributed by atoms with Gasteiger partial charge in [0, 0.05) is 102 Å². The second-order valence-corrected chi connectivity index (χ2v) is 33.9. The van der Waals surface area contributed by atoms with E-state index < -0.39 is 187 Å². The number of aliphatic hydroxyl groups excluding tert-OH is 1. The van der Waals surface area contributed by atoms with Gasteiger partial charge in [0.15, 0.2) is 12.3 Å². The Bertz CT molecular complexity index is 5360. The number of imidazole rings is 1. The number of nitrogens with zero attached hydrogens (tertiary/aromatic N) is 3. The van der Waals surface area contributed by atoms with Crippen LogP contribution in [0.3, 0.4) is 0 Å². The fourth-order valence-electron chi connectivity index (χ4n) is 15.6. The maximum Gasteiger partial charge on any atom is 0.245 e. The molecule has 34 nitrogen and oxygen atoms in total. The number of carboxylic acid groups (broad SMARTS) is 1. The van der Waals surface area contributed by atoms with Crippen molar-refractivity contribution in [2.45, 2.75) is 173 Å². The van der Waals surface area contributed by atoms with Crippen molar-refractivity contribution in [3.8, 4) is 0 Å². The molecule has 4 heterocycles. The lowest BCUT2D eigenvalue weighted by Gasteiger charge is -2.27. The van der Waals surface area contributed by atoms with Crippen LogP contribution in [0.25, 0.3) is 32.4 Å². The predicted octanol–water partition coefficient (Wildman–Crippen LogP) is 2.38. The Morgan fingerprint density at radius 1 is 0.556 bits per heavy atom. The van der Waals surface area contributed by atoms with Crippen molar-refractivity contribution in [2.24, 2.45) is 23.3 Å². The quantitative estimate of drug-likeness (QED) is 0.0192. The minimum atomic E-state index is -1.64. The molecule has 0 spiro atoms. The van der Waals surface area contributed by atoms with Gasteiger partial charge in [0.25, 0.3) is 0 Å². The summed E-state index contributed by atoms with van der Waals surface area (Å²) in [5.41, 5.74) is 17.6. The van der Waals surface area contributed by atoms with E-state index in [0.29, 0.717) is 27.9 Å². The van der Waals surface area contributed by atoms with Gasteiger partial charge in [-0.15, -0.1) is 0 Å². The summed E-state index contributed by atoms with van der Waals surface area (Å²) in [6.45, 7) is 14.0. The lowest BCUT2D eigenvalue weighted by atomic mass is 9.79. The van der Waals surface area contributed by atoms with Gasteiger partial charge in [0.2, 0.25) is 82.5 Å². The number of aromatic nitrogens is 3. The van der Waals surface area contributed by atoms with Crippen molar-refractivity contribution in [3.05, 3.63) is 186 Å². The number of nitrogens with one attached hydrogen (secondary N) is 13. The van der Waals surface area contributed by atoms with Crippen LogP contribution in [0.2, 0.25) is 0 Å². The van der Waals surface area contributed by atoms with Crippen molar-refractivity contribution in [1.82, 2.24) is 73.4 Å². The van der Waals surface area contributed by atoms with Gasteiger partial charge < -0.3 is 99.8 Å². The van der Waals surface area contributed by atoms with E-state index >= 15 is 0 Å². The van der Waals surface area contributed by atoms with Gasteiger partial charge in [-0.3, -0.25) is 62.3 Å². The molecule has 126 heavy (non-hydrogen) atoms. The summed E-state index contributed by atoms with van der Waals surface area (Å²) in [7, 11) is 0. The smallest absolute Gasteiger partial charge is 0.245 e. The number of aliphatic hydroxyl groups is 1. The molecule has 670 valence electrons. The highest BCUT2D eigenvalue weighted by Crippen LogP contribution is 2.51. The maximum atomic E-state index is 14.5. The van der Waals surface area contributed by atoms with Crippen LogP contribution in [0.15, 0.2) is 164 Å². The average molecular weight is 1750 g/mol. The fraction of sp³-hybridized carbons (Fsp3) is 0.407. The normalized spacial score (nSPS) is 15.6. The Morgan fingerprint density at radius 2 is 1.13 bits per heavy atom. The number of anilines is 1. The number of allylic oxidation sites excluding steroid dienone is 8. The van der Waals surface area contributed by atoms with Crippen LogP contribution < -0.4 is 80.0 Å². The number of hydrogen-bond acceptors (Lipinski definition) is 19. The zero-order valence-corrected chi connectivity index (χ0v) is 73.2. The number of amides is 13. The third kappa shape index (κ3) is 25.7. The van der Waals surface area contributed by atoms with Crippen molar-refractivity contribution < 1.29 is 81.9 Å². The van der Waals surface area contributed by atoms with Crippen LogP contribution in [0.4, 0.5) is 11.4 Å². The van der Waals surface area contributed by atoms with Gasteiger partial charge in [-0.1, -0.05) is 145 Å². The number of aliphatic carboxylic acids is 1. The number of benzene rings is 5. The van der Waals surface area contributed by atoms with Crippen LogP contribution in [-0.2, 0) is 90.8 Å². The van der Waals surface area contributed by atoms with E-state index in [2.05, 4.69) is 129 Å². The van der Waals surface area contributed by atoms with E-state index in [4.69, 9.17) is 11.5 Å². The largest absolute Gasteiger partial charge is 0.550 e. The summed E-state index contributed by atoms with van der Waals surface area (Å²) < 4.78 is 2.07. The fourth-order valence-corrected chi connectivity index (χ4v) is 16.0. The van der Waals surface area contributed by atoms with Crippen molar-refractivity contribution >= 4 is 144 Å². The third-order valence-corrected chi connectivity index (χ3v) is 22.6. The number of nitrogens with two attached hydrogens (primary N) is 2. The first-order valence-corrected chi connectivity index (χ1v) is 43.2. The Hall–Kier alpha value is -13.3. The lowest BCUT2D eigenvalue weighted by molar-refractivity contribution is -0.436. The monoisotopic (exact) mass is 1750 g/mol. The van der Waals surface area contributed by atoms with Crippen LogP contribution >= 0.6 is 11.8 Å². The average Bonchev–Trinajstić information content (AvgIpc) is 1.58. The first kappa shape index (κ1) is 96.5. The number of aromatic amines is 2. The first-order valence-electron chi connectivity index (χ1n) is 41.8.